The third-order valence-electron chi connectivity index (χ3n) is 2.86. The molecular formula is C10H28N2Si2. The minimum absolute atomic E-state index is 0.609. The van der Waals surface area contributed by atoms with Crippen molar-refractivity contribution in [1.82, 2.24) is 9.96 Å². The van der Waals surface area contributed by atoms with Crippen molar-refractivity contribution in [2.75, 3.05) is 0 Å². The average Bonchev–Trinajstić information content (AvgIpc) is 1.78. The van der Waals surface area contributed by atoms with E-state index in [9.17, 15) is 0 Å². The van der Waals surface area contributed by atoms with Crippen molar-refractivity contribution < 1.29 is 0 Å². The van der Waals surface area contributed by atoms with Crippen LogP contribution in [0.3, 0.4) is 0 Å². The zero-order valence-corrected chi connectivity index (χ0v) is 13.2. The molecule has 0 saturated carbocycles. The average molecular weight is 233 g/mol. The van der Waals surface area contributed by atoms with E-state index in [1.54, 1.807) is 0 Å². The quantitative estimate of drug-likeness (QED) is 0.712. The summed E-state index contributed by atoms with van der Waals surface area (Å²) in [4.78, 5) is 7.61. The lowest BCUT2D eigenvalue weighted by molar-refractivity contribution is 0.720. The van der Waals surface area contributed by atoms with E-state index in [0.29, 0.717) is 12.1 Å². The molecule has 2 N–H and O–H groups in total. The molecule has 0 aromatic heterocycles. The number of hydrogen-bond donors (Lipinski definition) is 2. The van der Waals surface area contributed by atoms with Gasteiger partial charge in [-0.25, -0.2) is 0 Å². The molecule has 0 aromatic carbocycles. The molecule has 4 heteroatoms. The predicted molar refractivity (Wildman–Crippen MR) is 71.5 cm³/mol. The van der Waals surface area contributed by atoms with Crippen LogP contribution in [0.1, 0.15) is 27.7 Å². The van der Waals surface area contributed by atoms with Gasteiger partial charge in [-0.1, -0.05) is 53.9 Å². The maximum Gasteiger partial charge on any atom is 0.127 e. The van der Waals surface area contributed by atoms with Gasteiger partial charge in [0.15, 0.2) is 0 Å². The van der Waals surface area contributed by atoms with Crippen molar-refractivity contribution in [2.24, 2.45) is 0 Å². The molecule has 0 heterocycles. The normalized spacial score (nSPS) is 14.1. The molecule has 0 spiro atoms. The highest BCUT2D eigenvalue weighted by Crippen LogP contribution is 2.14. The first-order valence-electron chi connectivity index (χ1n) is 5.64. The third-order valence-corrected chi connectivity index (χ3v) is 18.8. The van der Waals surface area contributed by atoms with Crippen LogP contribution >= 0.6 is 0 Å². The van der Waals surface area contributed by atoms with Gasteiger partial charge in [0.1, 0.15) is 15.5 Å². The molecular weight excluding hydrogens is 204 g/mol. The van der Waals surface area contributed by atoms with E-state index in [1.807, 2.05) is 0 Å². The van der Waals surface area contributed by atoms with E-state index in [4.69, 9.17) is 0 Å². The summed E-state index contributed by atoms with van der Waals surface area (Å²) in [6.07, 6.45) is 0. The van der Waals surface area contributed by atoms with Crippen molar-refractivity contribution in [3.05, 3.63) is 0 Å². The summed E-state index contributed by atoms with van der Waals surface area (Å²) in [5, 5.41) is 0. The Bertz CT molecular complexity index is 157. The second-order valence-corrected chi connectivity index (χ2v) is 20.4. The van der Waals surface area contributed by atoms with E-state index in [2.05, 4.69) is 63.8 Å². The second-order valence-electron chi connectivity index (χ2n) is 5.85. The smallest absolute Gasteiger partial charge is 0.127 e. The van der Waals surface area contributed by atoms with Crippen LogP contribution in [0, 0.1) is 0 Å². The minimum Gasteiger partial charge on any atom is -0.336 e. The maximum absolute atomic E-state index is 3.80. The first-order chi connectivity index (χ1) is 6.08. The van der Waals surface area contributed by atoms with E-state index < -0.39 is 15.5 Å². The summed E-state index contributed by atoms with van der Waals surface area (Å²) in [7, 11) is -2.56. The van der Waals surface area contributed by atoms with Gasteiger partial charge in [-0.3, -0.25) is 0 Å². The van der Waals surface area contributed by atoms with Crippen LogP contribution in [0.4, 0.5) is 0 Å². The van der Waals surface area contributed by atoms with E-state index >= 15 is 0 Å². The van der Waals surface area contributed by atoms with Gasteiger partial charge < -0.3 is 9.96 Å². The topological polar surface area (TPSA) is 24.1 Å². The van der Waals surface area contributed by atoms with Crippen LogP contribution in [0.2, 0.25) is 26.2 Å². The highest BCUT2D eigenvalue weighted by molar-refractivity contribution is 7.38. The molecule has 0 aromatic rings. The van der Waals surface area contributed by atoms with Gasteiger partial charge in [-0.15, -0.1) is 0 Å². The number of hydrogen-bond acceptors (Lipinski definition) is 2. The molecule has 0 aliphatic carbocycles. The van der Waals surface area contributed by atoms with Gasteiger partial charge in [-0.05, 0) is 12.1 Å². The Kier molecular flexibility index (Phi) is 5.04. The molecule has 0 aliphatic heterocycles. The molecule has 0 atom stereocenters. The van der Waals surface area contributed by atoms with Gasteiger partial charge in [-0.2, -0.15) is 0 Å². The lowest BCUT2D eigenvalue weighted by atomic mass is 10.4. The van der Waals surface area contributed by atoms with Gasteiger partial charge in [0.25, 0.3) is 0 Å². The molecule has 0 rings (SSSR count). The standard InChI is InChI=1S/C10H28N2Si2/c1-9(2)11-13(5,6)14(7,8)12-10(3)4/h9-12H,1-8H3. The molecule has 0 saturated heterocycles. The number of nitrogens with one attached hydrogen (secondary N) is 2. The lowest BCUT2D eigenvalue weighted by Crippen LogP contribution is -2.73. The van der Waals surface area contributed by atoms with Crippen LogP contribution in [0.25, 0.3) is 0 Å². The van der Waals surface area contributed by atoms with Crippen LogP contribution in [0.5, 0.6) is 0 Å². The highest BCUT2D eigenvalue weighted by atomic mass is 29.3. The van der Waals surface area contributed by atoms with Crippen LogP contribution < -0.4 is 9.96 Å². The summed E-state index contributed by atoms with van der Waals surface area (Å²) >= 11 is 0. The summed E-state index contributed by atoms with van der Waals surface area (Å²) in [5.41, 5.74) is 0. The van der Waals surface area contributed by atoms with E-state index in [-0.39, 0.29) is 0 Å². The fraction of sp³-hybridized carbons (Fsp3) is 1.00. The Hall–Kier alpha value is 0.354. The van der Waals surface area contributed by atoms with E-state index in [1.165, 1.54) is 0 Å². The Morgan fingerprint density at radius 3 is 1.00 bits per heavy atom. The zero-order chi connectivity index (χ0) is 11.6. The van der Waals surface area contributed by atoms with Crippen molar-refractivity contribution in [1.29, 1.82) is 0 Å². The fourth-order valence-corrected chi connectivity index (χ4v) is 9.31. The van der Waals surface area contributed by atoms with Crippen LogP contribution in [0.15, 0.2) is 0 Å². The van der Waals surface area contributed by atoms with Crippen LogP contribution in [-0.4, -0.2) is 27.6 Å². The first kappa shape index (κ1) is 14.4. The molecule has 0 radical (unpaired) electrons. The summed E-state index contributed by atoms with van der Waals surface area (Å²) in [5.74, 6) is 0. The Morgan fingerprint density at radius 2 is 0.857 bits per heavy atom. The Balaban J connectivity index is 4.51. The van der Waals surface area contributed by atoms with E-state index in [0.717, 1.165) is 0 Å². The van der Waals surface area contributed by atoms with Crippen molar-refractivity contribution in [3.8, 4) is 0 Å². The summed E-state index contributed by atoms with van der Waals surface area (Å²) in [6, 6.07) is 1.22. The third kappa shape index (κ3) is 4.25. The molecule has 86 valence electrons. The van der Waals surface area contributed by atoms with Gasteiger partial charge in [0.05, 0.1) is 0 Å². The molecule has 0 unspecified atom stereocenters. The van der Waals surface area contributed by atoms with Crippen molar-refractivity contribution >= 4 is 15.5 Å². The number of rotatable bonds is 5. The highest BCUT2D eigenvalue weighted by Gasteiger charge is 2.42. The zero-order valence-electron chi connectivity index (χ0n) is 11.2. The maximum atomic E-state index is 3.80. The predicted octanol–water partition coefficient (Wildman–Crippen LogP) is 2.47. The van der Waals surface area contributed by atoms with Gasteiger partial charge >= 0.3 is 0 Å². The molecule has 14 heavy (non-hydrogen) atoms. The Morgan fingerprint density at radius 1 is 0.643 bits per heavy atom. The molecule has 2 nitrogen and oxygen atoms in total. The minimum atomic E-state index is -1.28. The monoisotopic (exact) mass is 232 g/mol. The second kappa shape index (κ2) is 4.92. The first-order valence-corrected chi connectivity index (χ1v) is 12.6. The molecule has 0 bridgehead atoms. The summed E-state index contributed by atoms with van der Waals surface area (Å²) < 4.78 is 0. The van der Waals surface area contributed by atoms with Crippen molar-refractivity contribution in [3.63, 3.8) is 0 Å². The van der Waals surface area contributed by atoms with Gasteiger partial charge in [0, 0.05) is 0 Å². The lowest BCUT2D eigenvalue weighted by Gasteiger charge is -2.41. The van der Waals surface area contributed by atoms with Crippen molar-refractivity contribution in [2.45, 2.75) is 66.0 Å². The largest absolute Gasteiger partial charge is 0.336 e. The van der Waals surface area contributed by atoms with Crippen LogP contribution in [-0.2, 0) is 0 Å². The molecule has 0 amide bonds. The SMILES string of the molecule is CC(C)N[Si](C)(C)[Si](C)(C)NC(C)C. The molecule has 0 aliphatic rings. The summed E-state index contributed by atoms with van der Waals surface area (Å²) in [6.45, 7) is 18.8. The Labute approximate surface area is 91.8 Å². The fourth-order valence-electron chi connectivity index (χ4n) is 1.80. The van der Waals surface area contributed by atoms with Gasteiger partial charge in [0.2, 0.25) is 0 Å². The molecule has 0 fully saturated rings.